The summed E-state index contributed by atoms with van der Waals surface area (Å²) >= 11 is 0. The molecule has 0 saturated carbocycles. The number of rotatable bonds is 8. The maximum atomic E-state index is 13.5. The van der Waals surface area contributed by atoms with Gasteiger partial charge in [0.05, 0.1) is 4.90 Å². The number of sulfone groups is 1. The molecule has 3 rings (SSSR count). The third-order valence-electron chi connectivity index (χ3n) is 4.49. The van der Waals surface area contributed by atoms with Gasteiger partial charge in [0.15, 0.2) is 21.2 Å². The van der Waals surface area contributed by atoms with E-state index in [-0.39, 0.29) is 11.7 Å². The van der Waals surface area contributed by atoms with Crippen molar-refractivity contribution in [2.75, 3.05) is 13.9 Å². The average Bonchev–Trinajstić information content (AvgIpc) is 3.16. The largest absolute Gasteiger partial charge is 0.388 e. The van der Waals surface area contributed by atoms with E-state index in [9.17, 15) is 8.42 Å². The molecule has 0 N–H and O–H groups in total. The van der Waals surface area contributed by atoms with Crippen LogP contribution in [0.15, 0.2) is 70.7 Å². The van der Waals surface area contributed by atoms with Crippen LogP contribution in [0, 0.1) is 0 Å². The summed E-state index contributed by atoms with van der Waals surface area (Å²) in [4.78, 5) is 5.85. The van der Waals surface area contributed by atoms with Crippen molar-refractivity contribution in [1.29, 1.82) is 0 Å². The van der Waals surface area contributed by atoms with Crippen LogP contribution >= 0.6 is 0 Å². The number of ether oxygens (including phenoxy) is 2. The fourth-order valence-corrected chi connectivity index (χ4v) is 5.03. The van der Waals surface area contributed by atoms with Crippen molar-refractivity contribution >= 4 is 15.5 Å². The molecule has 0 aromatic heterocycles. The van der Waals surface area contributed by atoms with Gasteiger partial charge in [-0.3, -0.25) is 0 Å². The van der Waals surface area contributed by atoms with E-state index in [2.05, 4.69) is 5.16 Å². The molecular weight excluding hydrogens is 366 g/mol. The van der Waals surface area contributed by atoms with Crippen molar-refractivity contribution in [3.63, 3.8) is 0 Å². The topological polar surface area (TPSA) is 74.2 Å². The first kappa shape index (κ1) is 19.5. The van der Waals surface area contributed by atoms with E-state index in [4.69, 9.17) is 14.3 Å². The first-order valence-corrected chi connectivity index (χ1v) is 10.3. The van der Waals surface area contributed by atoms with Gasteiger partial charge in [-0.15, -0.1) is 0 Å². The fourth-order valence-electron chi connectivity index (χ4n) is 3.15. The Labute approximate surface area is 159 Å². The van der Waals surface area contributed by atoms with Crippen LogP contribution < -0.4 is 0 Å². The lowest BCUT2D eigenvalue weighted by atomic mass is 10.0. The maximum Gasteiger partial charge on any atom is 0.190 e. The molecule has 27 heavy (non-hydrogen) atoms. The number of hydrogen-bond donors (Lipinski definition) is 0. The van der Waals surface area contributed by atoms with E-state index in [1.807, 2.05) is 37.3 Å². The second-order valence-corrected chi connectivity index (χ2v) is 8.28. The summed E-state index contributed by atoms with van der Waals surface area (Å²) in [5, 5.41) is 3.19. The minimum Gasteiger partial charge on any atom is -0.388 e. The predicted molar refractivity (Wildman–Crippen MR) is 102 cm³/mol. The summed E-state index contributed by atoms with van der Waals surface area (Å²) in [5.41, 5.74) is 1.11. The summed E-state index contributed by atoms with van der Waals surface area (Å²) in [6.07, 6.45) is -0.671. The van der Waals surface area contributed by atoms with E-state index in [1.54, 1.807) is 30.3 Å². The molecule has 2 aromatic carbocycles. The highest BCUT2D eigenvalue weighted by Crippen LogP contribution is 2.31. The molecule has 1 heterocycles. The molecule has 0 spiro atoms. The van der Waals surface area contributed by atoms with E-state index >= 15 is 0 Å². The smallest absolute Gasteiger partial charge is 0.190 e. The summed E-state index contributed by atoms with van der Waals surface area (Å²) < 4.78 is 37.6. The highest BCUT2D eigenvalue weighted by atomic mass is 32.2. The van der Waals surface area contributed by atoms with E-state index in [0.717, 1.165) is 0 Å². The Morgan fingerprint density at radius 3 is 2.30 bits per heavy atom. The molecule has 1 aliphatic rings. The first-order chi connectivity index (χ1) is 13.1. The van der Waals surface area contributed by atoms with Crippen molar-refractivity contribution in [1.82, 2.24) is 0 Å². The standard InChI is InChI=1S/C20H23NO5S/c1-3-17(25-14-24-2)19-20(27(22,23)16-12-8-5-9-13-16)18(21-26-19)15-10-6-4-7-11-15/h4-13,17,19-20H,3,14H2,1-2H3/t17-,19+,20+/m0/s1. The average molecular weight is 389 g/mol. The van der Waals surface area contributed by atoms with Crippen LogP contribution in [0.25, 0.3) is 0 Å². The molecule has 0 bridgehead atoms. The molecule has 0 saturated heterocycles. The van der Waals surface area contributed by atoms with Crippen LogP contribution in [0.1, 0.15) is 18.9 Å². The van der Waals surface area contributed by atoms with Gasteiger partial charge >= 0.3 is 0 Å². The molecule has 0 radical (unpaired) electrons. The number of oxime groups is 1. The molecule has 1 aliphatic heterocycles. The van der Waals surface area contributed by atoms with Gasteiger partial charge in [-0.2, -0.15) is 0 Å². The molecule has 3 atom stereocenters. The van der Waals surface area contributed by atoms with Crippen molar-refractivity contribution in [2.45, 2.75) is 35.7 Å². The van der Waals surface area contributed by atoms with Crippen LogP contribution in [0.4, 0.5) is 0 Å². The van der Waals surface area contributed by atoms with Crippen molar-refractivity contribution in [3.8, 4) is 0 Å². The van der Waals surface area contributed by atoms with Gasteiger partial charge in [0.1, 0.15) is 18.6 Å². The Bertz CT molecular complexity index is 868. The normalized spacial score (nSPS) is 20.7. The lowest BCUT2D eigenvalue weighted by Crippen LogP contribution is -2.45. The Hall–Kier alpha value is -2.22. The van der Waals surface area contributed by atoms with Crippen LogP contribution in [0.5, 0.6) is 0 Å². The van der Waals surface area contributed by atoms with Gasteiger partial charge in [0.25, 0.3) is 0 Å². The molecule has 0 fully saturated rings. The van der Waals surface area contributed by atoms with Crippen LogP contribution in [-0.2, 0) is 24.1 Å². The number of nitrogens with zero attached hydrogens (tertiary/aromatic N) is 1. The van der Waals surface area contributed by atoms with Gasteiger partial charge in [-0.25, -0.2) is 8.42 Å². The van der Waals surface area contributed by atoms with Crippen molar-refractivity contribution in [3.05, 3.63) is 66.2 Å². The minimum atomic E-state index is -3.74. The first-order valence-electron chi connectivity index (χ1n) is 8.78. The minimum absolute atomic E-state index is 0.0527. The molecule has 0 aliphatic carbocycles. The van der Waals surface area contributed by atoms with Crippen molar-refractivity contribution < 1.29 is 22.7 Å². The summed E-state index contributed by atoms with van der Waals surface area (Å²) in [6, 6.07) is 17.6. The zero-order valence-corrected chi connectivity index (χ0v) is 16.1. The maximum absolute atomic E-state index is 13.5. The van der Waals surface area contributed by atoms with Gasteiger partial charge in [0.2, 0.25) is 0 Å². The van der Waals surface area contributed by atoms with Crippen LogP contribution in [0.3, 0.4) is 0 Å². The lowest BCUT2D eigenvalue weighted by molar-refractivity contribution is -0.121. The second-order valence-electron chi connectivity index (χ2n) is 6.21. The van der Waals surface area contributed by atoms with Crippen LogP contribution in [-0.4, -0.2) is 45.5 Å². The Balaban J connectivity index is 2.04. The summed E-state index contributed by atoms with van der Waals surface area (Å²) in [7, 11) is -2.22. The third kappa shape index (κ3) is 4.05. The quantitative estimate of drug-likeness (QED) is 0.649. The molecule has 144 valence electrons. The van der Waals surface area contributed by atoms with E-state index in [1.165, 1.54) is 7.11 Å². The third-order valence-corrected chi connectivity index (χ3v) is 6.57. The molecule has 0 amide bonds. The second kappa shape index (κ2) is 8.65. The lowest BCUT2D eigenvalue weighted by Gasteiger charge is -2.26. The number of hydrogen-bond acceptors (Lipinski definition) is 6. The van der Waals surface area contributed by atoms with E-state index < -0.39 is 27.3 Å². The number of methoxy groups -OCH3 is 1. The highest BCUT2D eigenvalue weighted by Gasteiger charge is 2.48. The summed E-state index contributed by atoms with van der Waals surface area (Å²) in [6.45, 7) is 1.97. The predicted octanol–water partition coefficient (Wildman–Crippen LogP) is 3.03. The molecular formula is C20H23NO5S. The van der Waals surface area contributed by atoms with Crippen molar-refractivity contribution in [2.24, 2.45) is 5.16 Å². The zero-order valence-electron chi connectivity index (χ0n) is 15.3. The Kier molecular flexibility index (Phi) is 6.26. The molecule has 2 aromatic rings. The van der Waals surface area contributed by atoms with Crippen LogP contribution in [0.2, 0.25) is 0 Å². The molecule has 6 nitrogen and oxygen atoms in total. The monoisotopic (exact) mass is 389 g/mol. The van der Waals surface area contributed by atoms with E-state index in [0.29, 0.717) is 17.7 Å². The Morgan fingerprint density at radius 2 is 1.70 bits per heavy atom. The molecule has 7 heteroatoms. The molecule has 0 unspecified atom stereocenters. The highest BCUT2D eigenvalue weighted by molar-refractivity contribution is 7.93. The SMILES string of the molecule is CC[C@H](OCOC)[C@H]1ON=C(c2ccccc2)[C@H]1S(=O)(=O)c1ccccc1. The van der Waals surface area contributed by atoms with Gasteiger partial charge < -0.3 is 14.3 Å². The van der Waals surface area contributed by atoms with Gasteiger partial charge in [-0.1, -0.05) is 60.6 Å². The van der Waals surface area contributed by atoms with Gasteiger partial charge in [0, 0.05) is 12.7 Å². The fraction of sp³-hybridized carbons (Fsp3) is 0.350. The van der Waals surface area contributed by atoms with Gasteiger partial charge in [-0.05, 0) is 18.6 Å². The Morgan fingerprint density at radius 1 is 1.07 bits per heavy atom. The number of benzene rings is 2. The summed E-state index contributed by atoms with van der Waals surface area (Å²) in [5.74, 6) is 0. The zero-order chi connectivity index (χ0) is 19.3.